The number of hydrogen-bond donors (Lipinski definition) is 1. The molecule has 0 aromatic heterocycles. The van der Waals surface area contributed by atoms with E-state index in [-0.39, 0.29) is 6.04 Å². The minimum atomic E-state index is 0.130. The van der Waals surface area contributed by atoms with Gasteiger partial charge in [-0.25, -0.2) is 0 Å². The molecular weight excluding hydrogens is 230 g/mol. The first-order chi connectivity index (χ1) is 6.27. The van der Waals surface area contributed by atoms with E-state index in [4.69, 9.17) is 10.5 Å². The van der Waals surface area contributed by atoms with Gasteiger partial charge in [-0.05, 0) is 25.0 Å². The molecule has 0 fully saturated rings. The van der Waals surface area contributed by atoms with Gasteiger partial charge in [0.05, 0.1) is 6.61 Å². The zero-order chi connectivity index (χ0) is 9.26. The Bertz CT molecular complexity index is 314. The lowest BCUT2D eigenvalue weighted by Gasteiger charge is -2.11. The van der Waals surface area contributed by atoms with Crippen LogP contribution in [0.5, 0.6) is 5.75 Å². The molecule has 0 amide bonds. The SMILES string of the molecule is N[C@H]1CCCOc2cc(Br)ccc21. The van der Waals surface area contributed by atoms with E-state index in [0.717, 1.165) is 35.2 Å². The van der Waals surface area contributed by atoms with Crippen molar-refractivity contribution in [1.82, 2.24) is 0 Å². The van der Waals surface area contributed by atoms with Crippen molar-refractivity contribution < 1.29 is 4.74 Å². The zero-order valence-electron chi connectivity index (χ0n) is 7.29. The van der Waals surface area contributed by atoms with E-state index in [1.54, 1.807) is 0 Å². The van der Waals surface area contributed by atoms with Crippen LogP contribution in [0, 0.1) is 0 Å². The predicted molar refractivity (Wildman–Crippen MR) is 55.8 cm³/mol. The highest BCUT2D eigenvalue weighted by atomic mass is 79.9. The van der Waals surface area contributed by atoms with Crippen LogP contribution in [0.3, 0.4) is 0 Å². The van der Waals surface area contributed by atoms with Gasteiger partial charge in [0.25, 0.3) is 0 Å². The van der Waals surface area contributed by atoms with Gasteiger partial charge in [-0.3, -0.25) is 0 Å². The Balaban J connectivity index is 2.42. The van der Waals surface area contributed by atoms with E-state index in [2.05, 4.69) is 15.9 Å². The van der Waals surface area contributed by atoms with E-state index in [9.17, 15) is 0 Å². The quantitative estimate of drug-likeness (QED) is 0.758. The third-order valence-electron chi connectivity index (χ3n) is 2.29. The summed E-state index contributed by atoms with van der Waals surface area (Å²) in [5, 5.41) is 0. The van der Waals surface area contributed by atoms with Gasteiger partial charge in [-0.1, -0.05) is 22.0 Å². The van der Waals surface area contributed by atoms with Crippen LogP contribution in [0.1, 0.15) is 24.4 Å². The number of nitrogens with two attached hydrogens (primary N) is 1. The van der Waals surface area contributed by atoms with Crippen LogP contribution in [-0.2, 0) is 0 Å². The number of benzene rings is 1. The third kappa shape index (κ3) is 1.86. The Kier molecular flexibility index (Phi) is 2.56. The summed E-state index contributed by atoms with van der Waals surface area (Å²) in [5.41, 5.74) is 7.13. The second kappa shape index (κ2) is 3.68. The second-order valence-corrected chi connectivity index (χ2v) is 4.20. The highest BCUT2D eigenvalue weighted by molar-refractivity contribution is 9.10. The lowest BCUT2D eigenvalue weighted by atomic mass is 10.0. The standard InChI is InChI=1S/C10H12BrNO/c11-7-3-4-8-9(12)2-1-5-13-10(8)6-7/h3-4,6,9H,1-2,5,12H2/t9-/m0/s1. The Morgan fingerprint density at radius 3 is 3.15 bits per heavy atom. The highest BCUT2D eigenvalue weighted by Gasteiger charge is 2.15. The average molecular weight is 242 g/mol. The van der Waals surface area contributed by atoms with Gasteiger partial charge in [0.1, 0.15) is 5.75 Å². The molecule has 1 aliphatic rings. The number of hydrogen-bond acceptors (Lipinski definition) is 2. The van der Waals surface area contributed by atoms with Crippen molar-refractivity contribution in [3.05, 3.63) is 28.2 Å². The molecule has 2 rings (SSSR count). The van der Waals surface area contributed by atoms with Crippen LogP contribution in [0.4, 0.5) is 0 Å². The first-order valence-electron chi connectivity index (χ1n) is 4.45. The number of rotatable bonds is 0. The van der Waals surface area contributed by atoms with Crippen molar-refractivity contribution in [1.29, 1.82) is 0 Å². The first-order valence-corrected chi connectivity index (χ1v) is 5.24. The van der Waals surface area contributed by atoms with Crippen molar-refractivity contribution in [2.75, 3.05) is 6.61 Å². The normalized spacial score (nSPS) is 21.5. The molecule has 3 heteroatoms. The van der Waals surface area contributed by atoms with E-state index in [1.807, 2.05) is 18.2 Å². The van der Waals surface area contributed by atoms with Crippen LogP contribution in [0.2, 0.25) is 0 Å². The molecule has 0 bridgehead atoms. The molecule has 0 saturated heterocycles. The van der Waals surface area contributed by atoms with Crippen molar-refractivity contribution in [2.45, 2.75) is 18.9 Å². The Morgan fingerprint density at radius 2 is 2.31 bits per heavy atom. The molecule has 0 saturated carbocycles. The molecule has 2 nitrogen and oxygen atoms in total. The summed E-state index contributed by atoms with van der Waals surface area (Å²) in [4.78, 5) is 0. The van der Waals surface area contributed by atoms with Gasteiger partial charge in [0.2, 0.25) is 0 Å². The van der Waals surface area contributed by atoms with E-state index in [1.165, 1.54) is 0 Å². The molecule has 1 atom stereocenters. The third-order valence-corrected chi connectivity index (χ3v) is 2.79. The Morgan fingerprint density at radius 1 is 1.46 bits per heavy atom. The summed E-state index contributed by atoms with van der Waals surface area (Å²) >= 11 is 3.42. The maximum Gasteiger partial charge on any atom is 0.125 e. The molecule has 0 aliphatic carbocycles. The summed E-state index contributed by atoms with van der Waals surface area (Å²) in [6.07, 6.45) is 2.04. The van der Waals surface area contributed by atoms with Gasteiger partial charge in [-0.15, -0.1) is 0 Å². The highest BCUT2D eigenvalue weighted by Crippen LogP contribution is 2.32. The van der Waals surface area contributed by atoms with Crippen molar-refractivity contribution in [2.24, 2.45) is 5.73 Å². The van der Waals surface area contributed by atoms with Crippen molar-refractivity contribution in [3.63, 3.8) is 0 Å². The molecule has 1 aromatic carbocycles. The molecule has 2 N–H and O–H groups in total. The molecule has 1 heterocycles. The van der Waals surface area contributed by atoms with Crippen molar-refractivity contribution in [3.8, 4) is 5.75 Å². The maximum absolute atomic E-state index is 6.00. The lowest BCUT2D eigenvalue weighted by molar-refractivity contribution is 0.316. The predicted octanol–water partition coefficient (Wildman–Crippen LogP) is 2.62. The number of halogens is 1. The average Bonchev–Trinajstić information content (AvgIpc) is 2.28. The molecule has 0 spiro atoms. The zero-order valence-corrected chi connectivity index (χ0v) is 8.88. The fourth-order valence-electron chi connectivity index (χ4n) is 1.58. The van der Waals surface area contributed by atoms with Crippen LogP contribution in [0.15, 0.2) is 22.7 Å². The molecule has 13 heavy (non-hydrogen) atoms. The molecule has 70 valence electrons. The molecule has 1 aromatic rings. The summed E-state index contributed by atoms with van der Waals surface area (Å²) in [5.74, 6) is 0.930. The van der Waals surface area contributed by atoms with Gasteiger partial charge < -0.3 is 10.5 Å². The van der Waals surface area contributed by atoms with Gasteiger partial charge in [0.15, 0.2) is 0 Å². The number of fused-ring (bicyclic) bond motifs is 1. The molecule has 0 unspecified atom stereocenters. The first kappa shape index (κ1) is 9.03. The largest absolute Gasteiger partial charge is 0.493 e. The summed E-state index contributed by atoms with van der Waals surface area (Å²) in [6, 6.07) is 6.16. The van der Waals surface area contributed by atoms with Crippen molar-refractivity contribution >= 4 is 15.9 Å². The summed E-state index contributed by atoms with van der Waals surface area (Å²) in [7, 11) is 0. The van der Waals surface area contributed by atoms with Gasteiger partial charge in [0, 0.05) is 16.1 Å². The van der Waals surface area contributed by atoms with E-state index >= 15 is 0 Å². The monoisotopic (exact) mass is 241 g/mol. The minimum absolute atomic E-state index is 0.130. The topological polar surface area (TPSA) is 35.2 Å². The fraction of sp³-hybridized carbons (Fsp3) is 0.400. The summed E-state index contributed by atoms with van der Waals surface area (Å²) < 4.78 is 6.63. The molecule has 0 radical (unpaired) electrons. The Labute approximate surface area is 86.2 Å². The van der Waals surface area contributed by atoms with Gasteiger partial charge in [-0.2, -0.15) is 0 Å². The smallest absolute Gasteiger partial charge is 0.125 e. The van der Waals surface area contributed by atoms with Gasteiger partial charge >= 0.3 is 0 Å². The van der Waals surface area contributed by atoms with E-state index in [0.29, 0.717) is 0 Å². The minimum Gasteiger partial charge on any atom is -0.493 e. The lowest BCUT2D eigenvalue weighted by Crippen LogP contribution is -2.08. The van der Waals surface area contributed by atoms with Crippen LogP contribution in [0.25, 0.3) is 0 Å². The maximum atomic E-state index is 6.00. The molecular formula is C10H12BrNO. The van der Waals surface area contributed by atoms with E-state index < -0.39 is 0 Å². The number of ether oxygens (including phenoxy) is 1. The van der Waals surface area contributed by atoms with Crippen LogP contribution < -0.4 is 10.5 Å². The van der Waals surface area contributed by atoms with Crippen LogP contribution >= 0.6 is 15.9 Å². The van der Waals surface area contributed by atoms with Crippen LogP contribution in [-0.4, -0.2) is 6.61 Å². The fourth-order valence-corrected chi connectivity index (χ4v) is 1.92. The second-order valence-electron chi connectivity index (χ2n) is 3.28. The Hall–Kier alpha value is -0.540. The summed E-state index contributed by atoms with van der Waals surface area (Å²) in [6.45, 7) is 0.775. The molecule has 1 aliphatic heterocycles.